The van der Waals surface area contributed by atoms with E-state index in [9.17, 15) is 8.78 Å². The van der Waals surface area contributed by atoms with Crippen LogP contribution in [0.15, 0.2) is 18.5 Å². The maximum atomic E-state index is 13.5. The molecular formula is C12H15F2N5. The maximum Gasteiger partial charge on any atom is 0.168 e. The highest BCUT2D eigenvalue weighted by Gasteiger charge is 2.10. The van der Waals surface area contributed by atoms with E-state index < -0.39 is 11.6 Å². The van der Waals surface area contributed by atoms with Crippen LogP contribution in [0.5, 0.6) is 0 Å². The molecule has 0 atom stereocenters. The lowest BCUT2D eigenvalue weighted by atomic mass is 10.4. The van der Waals surface area contributed by atoms with Crippen LogP contribution in [-0.4, -0.2) is 28.4 Å². The predicted molar refractivity (Wildman–Crippen MR) is 69.2 cm³/mol. The molecule has 19 heavy (non-hydrogen) atoms. The molecule has 0 aliphatic heterocycles. The number of nitrogens with one attached hydrogen (secondary N) is 2. The molecule has 5 nitrogen and oxygen atoms in total. The molecule has 0 aliphatic rings. The Morgan fingerprint density at radius 3 is 2.63 bits per heavy atom. The summed E-state index contributed by atoms with van der Waals surface area (Å²) in [7, 11) is 1.53. The van der Waals surface area contributed by atoms with Crippen LogP contribution in [0, 0.1) is 18.6 Å². The molecule has 0 radical (unpaired) electrons. The third-order valence-corrected chi connectivity index (χ3v) is 2.56. The molecule has 0 amide bonds. The standard InChI is InChI=1S/C12H15F2N5/c1-8-6-17-19(7-8)4-3-16-12-10(14)5-9(13)11(15-2)18-12/h5-7H,3-4H2,1-2H3,(H2,15,16,18). The minimum Gasteiger partial charge on any atom is -0.371 e. The summed E-state index contributed by atoms with van der Waals surface area (Å²) in [5.41, 5.74) is 1.06. The zero-order valence-electron chi connectivity index (χ0n) is 10.7. The van der Waals surface area contributed by atoms with Gasteiger partial charge in [-0.15, -0.1) is 0 Å². The number of nitrogens with zero attached hydrogens (tertiary/aromatic N) is 3. The van der Waals surface area contributed by atoms with E-state index in [0.29, 0.717) is 13.1 Å². The van der Waals surface area contributed by atoms with Crippen molar-refractivity contribution < 1.29 is 8.78 Å². The summed E-state index contributed by atoms with van der Waals surface area (Å²) in [5.74, 6) is -1.39. The molecule has 0 saturated heterocycles. The van der Waals surface area contributed by atoms with Gasteiger partial charge >= 0.3 is 0 Å². The number of hydrogen-bond donors (Lipinski definition) is 2. The minimum absolute atomic E-state index is 0.0128. The summed E-state index contributed by atoms with van der Waals surface area (Å²) in [6, 6.07) is 0.805. The van der Waals surface area contributed by atoms with Crippen molar-refractivity contribution in [3.8, 4) is 0 Å². The molecule has 0 unspecified atom stereocenters. The second-order valence-electron chi connectivity index (χ2n) is 4.11. The van der Waals surface area contributed by atoms with E-state index in [1.165, 1.54) is 7.05 Å². The van der Waals surface area contributed by atoms with Crippen molar-refractivity contribution in [2.75, 3.05) is 24.2 Å². The topological polar surface area (TPSA) is 54.8 Å². The first-order chi connectivity index (χ1) is 9.10. The van der Waals surface area contributed by atoms with Crippen molar-refractivity contribution in [2.45, 2.75) is 13.5 Å². The predicted octanol–water partition coefficient (Wildman–Crippen LogP) is 2.02. The van der Waals surface area contributed by atoms with Crippen LogP contribution < -0.4 is 10.6 Å². The molecule has 2 aromatic heterocycles. The SMILES string of the molecule is CNc1nc(NCCn2cc(C)cn2)c(F)cc1F. The van der Waals surface area contributed by atoms with Gasteiger partial charge in [0.15, 0.2) is 23.3 Å². The van der Waals surface area contributed by atoms with Crippen molar-refractivity contribution in [1.29, 1.82) is 0 Å². The van der Waals surface area contributed by atoms with Crippen LogP contribution in [0.2, 0.25) is 0 Å². The largest absolute Gasteiger partial charge is 0.371 e. The number of aryl methyl sites for hydroxylation is 1. The van der Waals surface area contributed by atoms with Gasteiger partial charge in [0.1, 0.15) is 0 Å². The summed E-state index contributed by atoms with van der Waals surface area (Å²) in [6.07, 6.45) is 3.63. The summed E-state index contributed by atoms with van der Waals surface area (Å²) in [6.45, 7) is 2.96. The second kappa shape index (κ2) is 5.64. The molecule has 2 aromatic rings. The fourth-order valence-corrected chi connectivity index (χ4v) is 1.64. The van der Waals surface area contributed by atoms with Gasteiger partial charge < -0.3 is 10.6 Å². The number of rotatable bonds is 5. The maximum absolute atomic E-state index is 13.5. The highest BCUT2D eigenvalue weighted by molar-refractivity contribution is 5.47. The fourth-order valence-electron chi connectivity index (χ4n) is 1.64. The van der Waals surface area contributed by atoms with Crippen LogP contribution >= 0.6 is 0 Å². The van der Waals surface area contributed by atoms with Gasteiger partial charge in [-0.3, -0.25) is 4.68 Å². The first kappa shape index (κ1) is 13.3. The Morgan fingerprint density at radius 2 is 2.00 bits per heavy atom. The van der Waals surface area contributed by atoms with Gasteiger partial charge in [-0.2, -0.15) is 5.10 Å². The summed E-state index contributed by atoms with van der Waals surface area (Å²) < 4.78 is 28.4. The van der Waals surface area contributed by atoms with Crippen molar-refractivity contribution in [1.82, 2.24) is 14.8 Å². The Morgan fingerprint density at radius 1 is 1.26 bits per heavy atom. The Labute approximate surface area is 109 Å². The summed E-state index contributed by atoms with van der Waals surface area (Å²) in [4.78, 5) is 3.82. The summed E-state index contributed by atoms with van der Waals surface area (Å²) >= 11 is 0. The van der Waals surface area contributed by atoms with Crippen molar-refractivity contribution in [3.05, 3.63) is 35.7 Å². The average Bonchev–Trinajstić information content (AvgIpc) is 2.78. The molecule has 7 heteroatoms. The average molecular weight is 267 g/mol. The molecule has 0 aliphatic carbocycles. The zero-order valence-corrected chi connectivity index (χ0v) is 10.7. The molecule has 0 spiro atoms. The Kier molecular flexibility index (Phi) is 3.94. The van der Waals surface area contributed by atoms with Crippen LogP contribution in [-0.2, 0) is 6.54 Å². The van der Waals surface area contributed by atoms with Gasteiger partial charge in [0, 0.05) is 25.9 Å². The first-order valence-corrected chi connectivity index (χ1v) is 5.87. The van der Waals surface area contributed by atoms with Gasteiger partial charge in [0.05, 0.1) is 12.7 Å². The number of anilines is 2. The first-order valence-electron chi connectivity index (χ1n) is 5.87. The van der Waals surface area contributed by atoms with Crippen LogP contribution in [0.25, 0.3) is 0 Å². The number of aromatic nitrogens is 3. The third-order valence-electron chi connectivity index (χ3n) is 2.56. The number of halogens is 2. The van der Waals surface area contributed by atoms with Crippen molar-refractivity contribution >= 4 is 11.6 Å². The van der Waals surface area contributed by atoms with Crippen LogP contribution in [0.1, 0.15) is 5.56 Å². The number of pyridine rings is 1. The smallest absolute Gasteiger partial charge is 0.168 e. The van der Waals surface area contributed by atoms with E-state index in [1.54, 1.807) is 10.9 Å². The van der Waals surface area contributed by atoms with Gasteiger partial charge in [0.2, 0.25) is 0 Å². The lowest BCUT2D eigenvalue weighted by Gasteiger charge is -2.09. The molecule has 0 fully saturated rings. The monoisotopic (exact) mass is 267 g/mol. The Balaban J connectivity index is 1.99. The molecule has 0 bridgehead atoms. The van der Waals surface area contributed by atoms with Gasteiger partial charge in [-0.1, -0.05) is 0 Å². The van der Waals surface area contributed by atoms with Gasteiger partial charge in [0.25, 0.3) is 0 Å². The summed E-state index contributed by atoms with van der Waals surface area (Å²) in [5, 5.41) is 9.49. The third kappa shape index (κ3) is 3.18. The number of hydrogen-bond acceptors (Lipinski definition) is 4. The van der Waals surface area contributed by atoms with Crippen molar-refractivity contribution in [3.63, 3.8) is 0 Å². The lowest BCUT2D eigenvalue weighted by molar-refractivity contribution is 0.576. The Bertz CT molecular complexity index is 567. The minimum atomic E-state index is -0.715. The van der Waals surface area contributed by atoms with Crippen LogP contribution in [0.3, 0.4) is 0 Å². The lowest BCUT2D eigenvalue weighted by Crippen LogP contribution is -2.13. The molecule has 0 aromatic carbocycles. The molecule has 2 heterocycles. The van der Waals surface area contributed by atoms with Crippen LogP contribution in [0.4, 0.5) is 20.4 Å². The molecule has 2 rings (SSSR count). The van der Waals surface area contributed by atoms with Crippen molar-refractivity contribution in [2.24, 2.45) is 0 Å². The second-order valence-corrected chi connectivity index (χ2v) is 4.11. The van der Waals surface area contributed by atoms with E-state index in [2.05, 4.69) is 20.7 Å². The van der Waals surface area contributed by atoms with E-state index in [1.807, 2.05) is 13.1 Å². The normalized spacial score (nSPS) is 10.5. The quantitative estimate of drug-likeness (QED) is 0.870. The van der Waals surface area contributed by atoms with Gasteiger partial charge in [-0.25, -0.2) is 13.8 Å². The molecule has 102 valence electrons. The van der Waals surface area contributed by atoms with E-state index in [-0.39, 0.29) is 11.6 Å². The highest BCUT2D eigenvalue weighted by Crippen LogP contribution is 2.18. The van der Waals surface area contributed by atoms with E-state index >= 15 is 0 Å². The fraction of sp³-hybridized carbons (Fsp3) is 0.333. The van der Waals surface area contributed by atoms with E-state index in [0.717, 1.165) is 11.6 Å². The Hall–Kier alpha value is -2.18. The molecule has 0 saturated carbocycles. The molecular weight excluding hydrogens is 252 g/mol. The highest BCUT2D eigenvalue weighted by atomic mass is 19.1. The molecule has 2 N–H and O–H groups in total. The van der Waals surface area contributed by atoms with Gasteiger partial charge in [-0.05, 0) is 12.5 Å². The zero-order chi connectivity index (χ0) is 13.8. The van der Waals surface area contributed by atoms with E-state index in [4.69, 9.17) is 0 Å².